The van der Waals surface area contributed by atoms with Gasteiger partial charge in [0.2, 0.25) is 5.82 Å². The Bertz CT molecular complexity index is 413. The number of benzene rings is 1. The molecule has 1 unspecified atom stereocenters. The summed E-state index contributed by atoms with van der Waals surface area (Å²) in [6.07, 6.45) is 0.542. The smallest absolute Gasteiger partial charge is 0.200 e. The van der Waals surface area contributed by atoms with Crippen molar-refractivity contribution < 1.29 is 13.5 Å². The van der Waals surface area contributed by atoms with Gasteiger partial charge in [0.1, 0.15) is 6.10 Å². The lowest BCUT2D eigenvalue weighted by molar-refractivity contribution is 0.182. The molecular weight excluding hydrogens is 316 g/mol. The van der Waals surface area contributed by atoms with E-state index in [1.165, 1.54) is 6.07 Å². The molecule has 1 aromatic carbocycles. The molecule has 0 saturated carbocycles. The van der Waals surface area contributed by atoms with Gasteiger partial charge < -0.3 is 10.1 Å². The highest BCUT2D eigenvalue weighted by molar-refractivity contribution is 9.10. The summed E-state index contributed by atoms with van der Waals surface area (Å²) in [6.45, 7) is 7.65. The van der Waals surface area contributed by atoms with E-state index in [1.807, 2.05) is 6.92 Å². The number of nitrogens with one attached hydrogen (secondary N) is 1. The Morgan fingerprint density at radius 2 is 1.95 bits per heavy atom. The Morgan fingerprint density at radius 1 is 1.26 bits per heavy atom. The number of ether oxygens (including phenoxy) is 1. The number of hydrogen-bond acceptors (Lipinski definition) is 2. The van der Waals surface area contributed by atoms with Crippen molar-refractivity contribution >= 4 is 15.9 Å². The first-order valence-electron chi connectivity index (χ1n) is 6.46. The lowest BCUT2D eigenvalue weighted by atomic mass is 10.2. The quantitative estimate of drug-likeness (QED) is 0.756. The van der Waals surface area contributed by atoms with Gasteiger partial charge in [-0.25, -0.2) is 4.39 Å². The molecule has 0 aliphatic rings. The van der Waals surface area contributed by atoms with Gasteiger partial charge in [0.15, 0.2) is 11.6 Å². The topological polar surface area (TPSA) is 21.3 Å². The van der Waals surface area contributed by atoms with Crippen LogP contribution in [0.2, 0.25) is 0 Å². The number of rotatable bonds is 7. The van der Waals surface area contributed by atoms with Crippen molar-refractivity contribution in [2.45, 2.75) is 33.3 Å². The minimum Gasteiger partial charge on any atom is -0.486 e. The Labute approximate surface area is 121 Å². The van der Waals surface area contributed by atoms with E-state index in [0.29, 0.717) is 16.9 Å². The van der Waals surface area contributed by atoms with Gasteiger partial charge in [-0.3, -0.25) is 0 Å². The molecule has 0 heterocycles. The highest BCUT2D eigenvalue weighted by Gasteiger charge is 2.15. The summed E-state index contributed by atoms with van der Waals surface area (Å²) in [6, 6.07) is 2.53. The molecule has 0 spiro atoms. The molecule has 5 heteroatoms. The van der Waals surface area contributed by atoms with Crippen LogP contribution in [0.1, 0.15) is 27.2 Å². The third-order valence-corrected chi connectivity index (χ3v) is 3.09. The number of hydrogen-bond donors (Lipinski definition) is 1. The zero-order valence-corrected chi connectivity index (χ0v) is 13.1. The van der Waals surface area contributed by atoms with E-state index in [1.54, 1.807) is 0 Å². The van der Waals surface area contributed by atoms with Crippen molar-refractivity contribution in [3.63, 3.8) is 0 Å². The van der Waals surface area contributed by atoms with Crippen LogP contribution in [0.4, 0.5) is 8.78 Å². The van der Waals surface area contributed by atoms with Gasteiger partial charge >= 0.3 is 0 Å². The summed E-state index contributed by atoms with van der Waals surface area (Å²) in [7, 11) is 0. The van der Waals surface area contributed by atoms with Crippen LogP contribution in [-0.4, -0.2) is 19.2 Å². The van der Waals surface area contributed by atoms with Crippen LogP contribution in [0.3, 0.4) is 0 Å². The van der Waals surface area contributed by atoms with E-state index >= 15 is 0 Å². The van der Waals surface area contributed by atoms with E-state index in [-0.39, 0.29) is 11.9 Å². The molecule has 0 amide bonds. The van der Waals surface area contributed by atoms with Crippen LogP contribution < -0.4 is 10.1 Å². The maximum atomic E-state index is 13.6. The molecule has 2 nitrogen and oxygen atoms in total. The molecule has 1 rings (SSSR count). The summed E-state index contributed by atoms with van der Waals surface area (Å²) >= 11 is 3.13. The minimum atomic E-state index is -0.939. The van der Waals surface area contributed by atoms with Crippen LogP contribution in [0.25, 0.3) is 0 Å². The predicted molar refractivity (Wildman–Crippen MR) is 76.5 cm³/mol. The van der Waals surface area contributed by atoms with Crippen molar-refractivity contribution in [3.05, 3.63) is 28.2 Å². The summed E-state index contributed by atoms with van der Waals surface area (Å²) in [5, 5.41) is 3.25. The second-order valence-electron chi connectivity index (χ2n) is 4.90. The zero-order chi connectivity index (χ0) is 14.4. The normalized spacial score (nSPS) is 12.8. The van der Waals surface area contributed by atoms with Crippen LogP contribution in [0.15, 0.2) is 16.6 Å². The average molecular weight is 336 g/mol. The van der Waals surface area contributed by atoms with Crippen molar-refractivity contribution in [2.75, 3.05) is 13.1 Å². The largest absolute Gasteiger partial charge is 0.486 e. The van der Waals surface area contributed by atoms with Gasteiger partial charge in [0.25, 0.3) is 0 Å². The molecule has 1 N–H and O–H groups in total. The summed E-state index contributed by atoms with van der Waals surface area (Å²) in [5.74, 6) is -1.36. The van der Waals surface area contributed by atoms with E-state index in [2.05, 4.69) is 35.1 Å². The lowest BCUT2D eigenvalue weighted by Gasteiger charge is -2.19. The van der Waals surface area contributed by atoms with Crippen LogP contribution in [0.5, 0.6) is 5.75 Å². The molecule has 0 saturated heterocycles. The average Bonchev–Trinajstić information content (AvgIpc) is 2.33. The second-order valence-corrected chi connectivity index (χ2v) is 5.82. The fourth-order valence-electron chi connectivity index (χ4n) is 1.60. The minimum absolute atomic E-state index is 0.0509. The van der Waals surface area contributed by atoms with Crippen LogP contribution >= 0.6 is 15.9 Å². The summed E-state index contributed by atoms with van der Waals surface area (Å²) in [4.78, 5) is 0. The monoisotopic (exact) mass is 335 g/mol. The Morgan fingerprint density at radius 3 is 2.53 bits per heavy atom. The SMILES string of the molecule is CCC(CNCC(C)C)Oc1cc(Br)cc(F)c1F. The Balaban J connectivity index is 2.65. The molecule has 0 radical (unpaired) electrons. The van der Waals surface area contributed by atoms with Crippen molar-refractivity contribution in [2.24, 2.45) is 5.92 Å². The standard InChI is InChI=1S/C14H20BrF2NO/c1-4-11(8-18-7-9(2)3)19-13-6-10(15)5-12(16)14(13)17/h5-6,9,11,18H,4,7-8H2,1-3H3. The first-order valence-corrected chi connectivity index (χ1v) is 7.25. The third-order valence-electron chi connectivity index (χ3n) is 2.63. The Hall–Kier alpha value is -0.680. The van der Waals surface area contributed by atoms with Gasteiger partial charge in [-0.15, -0.1) is 0 Å². The van der Waals surface area contributed by atoms with E-state index < -0.39 is 11.6 Å². The second kappa shape index (κ2) is 7.80. The van der Waals surface area contributed by atoms with Crippen LogP contribution in [0, 0.1) is 17.6 Å². The zero-order valence-electron chi connectivity index (χ0n) is 11.5. The van der Waals surface area contributed by atoms with Gasteiger partial charge in [-0.1, -0.05) is 36.7 Å². The van der Waals surface area contributed by atoms with Crippen molar-refractivity contribution in [1.29, 1.82) is 0 Å². The molecule has 1 aromatic rings. The summed E-state index contributed by atoms with van der Waals surface area (Å²) in [5.41, 5.74) is 0. The van der Waals surface area contributed by atoms with E-state index in [0.717, 1.165) is 19.0 Å². The molecule has 19 heavy (non-hydrogen) atoms. The van der Waals surface area contributed by atoms with E-state index in [9.17, 15) is 8.78 Å². The molecule has 0 fully saturated rings. The molecular formula is C14H20BrF2NO. The predicted octanol–water partition coefficient (Wildman–Crippen LogP) is 4.13. The highest BCUT2D eigenvalue weighted by Crippen LogP contribution is 2.26. The highest BCUT2D eigenvalue weighted by atomic mass is 79.9. The van der Waals surface area contributed by atoms with Crippen LogP contribution in [-0.2, 0) is 0 Å². The first kappa shape index (κ1) is 16.4. The molecule has 0 aromatic heterocycles. The van der Waals surface area contributed by atoms with Crippen molar-refractivity contribution in [1.82, 2.24) is 5.32 Å². The molecule has 0 aliphatic heterocycles. The van der Waals surface area contributed by atoms with Gasteiger partial charge in [-0.2, -0.15) is 4.39 Å². The van der Waals surface area contributed by atoms with E-state index in [4.69, 9.17) is 4.74 Å². The fraction of sp³-hybridized carbons (Fsp3) is 0.571. The maximum Gasteiger partial charge on any atom is 0.200 e. The third kappa shape index (κ3) is 5.45. The Kier molecular flexibility index (Phi) is 6.72. The number of halogens is 3. The lowest BCUT2D eigenvalue weighted by Crippen LogP contribution is -2.33. The molecule has 108 valence electrons. The first-order chi connectivity index (χ1) is 8.93. The maximum absolute atomic E-state index is 13.6. The summed E-state index contributed by atoms with van der Waals surface area (Å²) < 4.78 is 32.8. The van der Waals surface area contributed by atoms with Crippen molar-refractivity contribution in [3.8, 4) is 5.75 Å². The molecule has 1 atom stereocenters. The van der Waals surface area contributed by atoms with Gasteiger partial charge in [0.05, 0.1) is 0 Å². The molecule has 0 bridgehead atoms. The van der Waals surface area contributed by atoms with Gasteiger partial charge in [-0.05, 0) is 31.0 Å². The molecule has 0 aliphatic carbocycles. The van der Waals surface area contributed by atoms with Gasteiger partial charge in [0, 0.05) is 11.0 Å². The fourth-order valence-corrected chi connectivity index (χ4v) is 2.01.